The maximum Gasteiger partial charge on any atom is 0.320 e. The van der Waals surface area contributed by atoms with Gasteiger partial charge in [0.25, 0.3) is 0 Å². The van der Waals surface area contributed by atoms with Crippen molar-refractivity contribution < 1.29 is 9.53 Å². The minimum absolute atomic E-state index is 0.300. The first kappa shape index (κ1) is 23.2. The third kappa shape index (κ3) is 5.89. The van der Waals surface area contributed by atoms with Crippen molar-refractivity contribution in [3.63, 3.8) is 0 Å². The summed E-state index contributed by atoms with van der Waals surface area (Å²) in [4.78, 5) is 22.1. The van der Waals surface area contributed by atoms with Crippen molar-refractivity contribution in [1.29, 1.82) is 0 Å². The van der Waals surface area contributed by atoms with E-state index in [1.54, 1.807) is 0 Å². The fourth-order valence-corrected chi connectivity index (χ4v) is 5.44. The Morgan fingerprint density at radius 1 is 0.906 bits per heavy atom. The van der Waals surface area contributed by atoms with Gasteiger partial charge >= 0.3 is 6.03 Å². The van der Waals surface area contributed by atoms with Crippen molar-refractivity contribution in [3.05, 3.63) is 24.3 Å². The van der Waals surface area contributed by atoms with Crippen LogP contribution in [0.25, 0.3) is 0 Å². The van der Waals surface area contributed by atoms with Gasteiger partial charge in [0.1, 0.15) is 5.75 Å². The Labute approximate surface area is 194 Å². The molecule has 0 N–H and O–H groups in total. The first-order valence-corrected chi connectivity index (χ1v) is 13.0. The molecule has 3 fully saturated rings. The van der Waals surface area contributed by atoms with Crippen molar-refractivity contribution in [2.24, 2.45) is 0 Å². The van der Waals surface area contributed by atoms with Gasteiger partial charge in [0.05, 0.1) is 12.3 Å². The van der Waals surface area contributed by atoms with Gasteiger partial charge < -0.3 is 19.4 Å². The average Bonchev–Trinajstić information content (AvgIpc) is 3.22. The van der Waals surface area contributed by atoms with E-state index in [-0.39, 0.29) is 0 Å². The smallest absolute Gasteiger partial charge is 0.320 e. The molecule has 1 aliphatic carbocycles. The number of carbonyl (C=O) groups excluding carboxylic acids is 1. The van der Waals surface area contributed by atoms with E-state index in [0.29, 0.717) is 12.1 Å². The van der Waals surface area contributed by atoms with E-state index in [9.17, 15) is 4.79 Å². The number of ether oxygens (including phenoxy) is 1. The van der Waals surface area contributed by atoms with Crippen LogP contribution < -0.4 is 9.64 Å². The number of nitrogens with zero attached hydrogens (tertiary/aromatic N) is 4. The van der Waals surface area contributed by atoms with Gasteiger partial charge in [-0.2, -0.15) is 0 Å². The number of benzene rings is 1. The Kier molecular flexibility index (Phi) is 8.55. The van der Waals surface area contributed by atoms with Gasteiger partial charge in [-0.15, -0.1) is 0 Å². The highest BCUT2D eigenvalue weighted by molar-refractivity contribution is 5.76. The number of urea groups is 1. The highest BCUT2D eigenvalue weighted by atomic mass is 16.5. The standard InChI is InChI=1S/C26H42N4O2/c1-2-22-32-25-13-7-6-12-24(25)28-18-16-27(17-19-28)14-8-9-15-29-20-21-30(26(29)31)23-10-4-3-5-11-23/h6-7,12-13,23H,2-5,8-11,14-22H2,1H3. The number of anilines is 1. The molecule has 0 radical (unpaired) electrons. The van der Waals surface area contributed by atoms with Crippen LogP contribution in [0.3, 0.4) is 0 Å². The summed E-state index contributed by atoms with van der Waals surface area (Å²) < 4.78 is 5.96. The number of piperazine rings is 1. The van der Waals surface area contributed by atoms with E-state index in [1.807, 2.05) is 0 Å². The van der Waals surface area contributed by atoms with Gasteiger partial charge in [-0.3, -0.25) is 4.90 Å². The maximum atomic E-state index is 12.8. The average molecular weight is 443 g/mol. The molecule has 0 unspecified atom stereocenters. The zero-order valence-corrected chi connectivity index (χ0v) is 20.0. The van der Waals surface area contributed by atoms with Crippen LogP contribution in [0.4, 0.5) is 10.5 Å². The van der Waals surface area contributed by atoms with Crippen LogP contribution in [0.15, 0.2) is 24.3 Å². The van der Waals surface area contributed by atoms with E-state index >= 15 is 0 Å². The molecule has 0 aromatic heterocycles. The molecule has 2 heterocycles. The molecule has 0 atom stereocenters. The zero-order chi connectivity index (χ0) is 22.2. The molecule has 4 rings (SSSR count). The molecule has 32 heavy (non-hydrogen) atoms. The largest absolute Gasteiger partial charge is 0.491 e. The van der Waals surface area contributed by atoms with E-state index < -0.39 is 0 Å². The number of hydrogen-bond donors (Lipinski definition) is 0. The highest BCUT2D eigenvalue weighted by Gasteiger charge is 2.33. The van der Waals surface area contributed by atoms with Crippen molar-refractivity contribution >= 4 is 11.7 Å². The van der Waals surface area contributed by atoms with Gasteiger partial charge in [0.2, 0.25) is 0 Å². The molecule has 1 aromatic carbocycles. The molecule has 6 nitrogen and oxygen atoms in total. The van der Waals surface area contributed by atoms with Crippen molar-refractivity contribution in [1.82, 2.24) is 14.7 Å². The summed E-state index contributed by atoms with van der Waals surface area (Å²) in [5.74, 6) is 1.01. The Balaban J connectivity index is 1.14. The molecule has 2 aliphatic heterocycles. The van der Waals surface area contributed by atoms with E-state index in [2.05, 4.69) is 50.8 Å². The number of carbonyl (C=O) groups is 1. The number of hydrogen-bond acceptors (Lipinski definition) is 4. The third-order valence-electron chi connectivity index (χ3n) is 7.33. The SMILES string of the molecule is CCCOc1ccccc1N1CCN(CCCCN2CCN(C3CCCCC3)C2=O)CC1. The molecule has 1 saturated carbocycles. The second-order valence-electron chi connectivity index (χ2n) is 9.61. The van der Waals surface area contributed by atoms with Crippen LogP contribution >= 0.6 is 0 Å². The second-order valence-corrected chi connectivity index (χ2v) is 9.61. The molecule has 2 saturated heterocycles. The molecule has 2 amide bonds. The Hall–Kier alpha value is -1.95. The lowest BCUT2D eigenvalue weighted by Gasteiger charge is -2.36. The van der Waals surface area contributed by atoms with Gasteiger partial charge in [-0.1, -0.05) is 38.3 Å². The summed E-state index contributed by atoms with van der Waals surface area (Å²) in [6.07, 6.45) is 9.65. The Bertz CT molecular complexity index is 714. The number of amides is 2. The van der Waals surface area contributed by atoms with Gasteiger partial charge in [-0.05, 0) is 50.8 Å². The summed E-state index contributed by atoms with van der Waals surface area (Å²) in [6, 6.07) is 9.25. The fourth-order valence-electron chi connectivity index (χ4n) is 5.44. The summed E-state index contributed by atoms with van der Waals surface area (Å²) in [5.41, 5.74) is 1.23. The van der Waals surface area contributed by atoms with Crippen LogP contribution in [-0.2, 0) is 0 Å². The van der Waals surface area contributed by atoms with Gasteiger partial charge in [0, 0.05) is 51.9 Å². The van der Waals surface area contributed by atoms with Gasteiger partial charge in [0.15, 0.2) is 0 Å². The summed E-state index contributed by atoms with van der Waals surface area (Å²) in [5, 5.41) is 0. The molecule has 1 aromatic rings. The lowest BCUT2D eigenvalue weighted by atomic mass is 9.94. The predicted molar refractivity (Wildman–Crippen MR) is 131 cm³/mol. The maximum absolute atomic E-state index is 12.8. The van der Waals surface area contributed by atoms with E-state index in [1.165, 1.54) is 44.2 Å². The van der Waals surface area contributed by atoms with Crippen molar-refractivity contribution in [2.75, 3.05) is 63.9 Å². The third-order valence-corrected chi connectivity index (χ3v) is 7.33. The van der Waals surface area contributed by atoms with Crippen LogP contribution in [0.5, 0.6) is 5.75 Å². The Morgan fingerprint density at radius 2 is 1.66 bits per heavy atom. The lowest BCUT2D eigenvalue weighted by Crippen LogP contribution is -2.46. The van der Waals surface area contributed by atoms with Crippen molar-refractivity contribution in [3.8, 4) is 5.75 Å². The molecular weight excluding hydrogens is 400 g/mol. The van der Waals surface area contributed by atoms with Crippen molar-refractivity contribution in [2.45, 2.75) is 64.3 Å². The molecule has 0 bridgehead atoms. The van der Waals surface area contributed by atoms with Gasteiger partial charge in [-0.25, -0.2) is 4.79 Å². The topological polar surface area (TPSA) is 39.3 Å². The minimum Gasteiger partial charge on any atom is -0.491 e. The monoisotopic (exact) mass is 442 g/mol. The first-order valence-electron chi connectivity index (χ1n) is 13.0. The normalized spacial score (nSPS) is 20.9. The predicted octanol–water partition coefficient (Wildman–Crippen LogP) is 4.45. The minimum atomic E-state index is 0.300. The molecule has 178 valence electrons. The molecule has 0 spiro atoms. The quantitative estimate of drug-likeness (QED) is 0.502. The second kappa shape index (κ2) is 11.8. The zero-order valence-electron chi connectivity index (χ0n) is 20.0. The summed E-state index contributed by atoms with van der Waals surface area (Å²) >= 11 is 0. The van der Waals surface area contributed by atoms with Crippen LogP contribution in [-0.4, -0.2) is 85.7 Å². The van der Waals surface area contributed by atoms with Crippen LogP contribution in [0.1, 0.15) is 58.3 Å². The van der Waals surface area contributed by atoms with Crippen LogP contribution in [0, 0.1) is 0 Å². The highest BCUT2D eigenvalue weighted by Crippen LogP contribution is 2.29. The molecule has 6 heteroatoms. The fraction of sp³-hybridized carbons (Fsp3) is 0.731. The summed E-state index contributed by atoms with van der Waals surface area (Å²) in [7, 11) is 0. The lowest BCUT2D eigenvalue weighted by molar-refractivity contribution is 0.162. The number of rotatable bonds is 10. The summed E-state index contributed by atoms with van der Waals surface area (Å²) in [6.45, 7) is 11.1. The number of unbranched alkanes of at least 4 members (excludes halogenated alkanes) is 1. The molecular formula is C26H42N4O2. The van der Waals surface area contributed by atoms with E-state index in [0.717, 1.165) is 77.6 Å². The van der Waals surface area contributed by atoms with E-state index in [4.69, 9.17) is 4.74 Å². The first-order chi connectivity index (χ1) is 15.8. The molecule has 3 aliphatic rings. The number of para-hydroxylation sites is 2. The Morgan fingerprint density at radius 3 is 2.44 bits per heavy atom. The van der Waals surface area contributed by atoms with Crippen LogP contribution in [0.2, 0.25) is 0 Å².